The second-order valence-corrected chi connectivity index (χ2v) is 4.42. The number of carboxylic acids is 1. The van der Waals surface area contributed by atoms with Crippen molar-refractivity contribution < 1.29 is 27.9 Å². The molecular weight excluding hydrogens is 297 g/mol. The molecule has 1 aromatic carbocycles. The summed E-state index contributed by atoms with van der Waals surface area (Å²) in [4.78, 5) is 21.7. The van der Waals surface area contributed by atoms with Crippen molar-refractivity contribution in [1.82, 2.24) is 0 Å². The summed E-state index contributed by atoms with van der Waals surface area (Å²) in [5.41, 5.74) is -0.874. The number of carboxylic acid groups (broad SMARTS) is 1. The van der Waals surface area contributed by atoms with E-state index < -0.39 is 28.9 Å². The number of alkyl halides is 4. The maximum Gasteiger partial charge on any atom is 0.416 e. The van der Waals surface area contributed by atoms with Crippen LogP contribution in [0.1, 0.15) is 29.0 Å². The Labute approximate surface area is 117 Å². The molecule has 0 aromatic heterocycles. The van der Waals surface area contributed by atoms with Crippen LogP contribution < -0.4 is 0 Å². The van der Waals surface area contributed by atoms with Crippen LogP contribution in [-0.4, -0.2) is 16.9 Å². The van der Waals surface area contributed by atoms with E-state index in [-0.39, 0.29) is 11.1 Å². The zero-order valence-corrected chi connectivity index (χ0v) is 11.0. The highest BCUT2D eigenvalue weighted by Gasteiger charge is 2.31. The quantitative estimate of drug-likeness (QED) is 0.682. The molecule has 0 radical (unpaired) electrons. The molecule has 1 N–H and O–H groups in total. The molecule has 1 rings (SSSR count). The minimum atomic E-state index is -4.57. The van der Waals surface area contributed by atoms with E-state index in [0.717, 1.165) is 24.3 Å². The number of aliphatic carboxylic acids is 1. The summed E-state index contributed by atoms with van der Waals surface area (Å²) in [5, 5.41) is 7.40. The largest absolute Gasteiger partial charge is 0.478 e. The minimum absolute atomic E-state index is 0.0579. The molecule has 0 amide bonds. The summed E-state index contributed by atoms with van der Waals surface area (Å²) < 4.78 is 37.9. The van der Waals surface area contributed by atoms with Gasteiger partial charge in [-0.25, -0.2) is 4.79 Å². The van der Waals surface area contributed by atoms with Crippen LogP contribution >= 0.6 is 11.6 Å². The zero-order valence-electron chi connectivity index (χ0n) is 10.2. The maximum atomic E-state index is 12.6. The molecular formula is C13H10ClF3O3. The summed E-state index contributed by atoms with van der Waals surface area (Å²) in [6.07, 6.45) is -2.91. The molecule has 0 aliphatic rings. The van der Waals surface area contributed by atoms with Crippen LogP contribution in [0.4, 0.5) is 13.2 Å². The molecule has 0 spiro atoms. The van der Waals surface area contributed by atoms with Crippen molar-refractivity contribution in [3.05, 3.63) is 41.0 Å². The van der Waals surface area contributed by atoms with Gasteiger partial charge < -0.3 is 5.11 Å². The fourth-order valence-corrected chi connectivity index (χ4v) is 1.71. The standard InChI is InChI=1S/C13H10ClF3O3/c1-7(18)12(14)10-4-3-9(13(15,16)17)6-8(10)2-5-11(19)20/h2-6,12H,1H3,(H,19,20). The Morgan fingerprint density at radius 2 is 1.95 bits per heavy atom. The predicted octanol–water partition coefficient (Wildman–Crippen LogP) is 3.67. The molecule has 0 saturated carbocycles. The van der Waals surface area contributed by atoms with E-state index in [2.05, 4.69) is 0 Å². The molecule has 0 aliphatic heterocycles. The Kier molecular flexibility index (Phi) is 4.94. The molecule has 1 aromatic rings. The summed E-state index contributed by atoms with van der Waals surface area (Å²) in [5.74, 6) is -1.77. The molecule has 0 aliphatic carbocycles. The Hall–Kier alpha value is -1.82. The van der Waals surface area contributed by atoms with Gasteiger partial charge in [0.05, 0.1) is 5.56 Å². The Morgan fingerprint density at radius 3 is 2.40 bits per heavy atom. The van der Waals surface area contributed by atoms with E-state index in [4.69, 9.17) is 16.7 Å². The van der Waals surface area contributed by atoms with Crippen molar-refractivity contribution in [2.24, 2.45) is 0 Å². The van der Waals surface area contributed by atoms with Gasteiger partial charge in [-0.3, -0.25) is 4.79 Å². The first-order valence-corrected chi connectivity index (χ1v) is 5.83. The maximum absolute atomic E-state index is 12.6. The van der Waals surface area contributed by atoms with Crippen LogP contribution in [-0.2, 0) is 15.8 Å². The van der Waals surface area contributed by atoms with E-state index in [1.807, 2.05) is 0 Å². The highest BCUT2D eigenvalue weighted by atomic mass is 35.5. The summed E-state index contributed by atoms with van der Waals surface area (Å²) in [6, 6.07) is 2.63. The number of rotatable bonds is 4. The lowest BCUT2D eigenvalue weighted by Gasteiger charge is -2.13. The van der Waals surface area contributed by atoms with E-state index in [1.165, 1.54) is 6.92 Å². The summed E-state index contributed by atoms with van der Waals surface area (Å²) in [6.45, 7) is 1.19. The van der Waals surface area contributed by atoms with Gasteiger partial charge in [0.25, 0.3) is 0 Å². The molecule has 3 nitrogen and oxygen atoms in total. The Bertz CT molecular complexity index is 564. The van der Waals surface area contributed by atoms with E-state index in [1.54, 1.807) is 0 Å². The van der Waals surface area contributed by atoms with Crippen molar-refractivity contribution in [3.8, 4) is 0 Å². The number of benzene rings is 1. The average Bonchev–Trinajstić information content (AvgIpc) is 2.33. The SMILES string of the molecule is CC(=O)C(Cl)c1ccc(C(F)(F)F)cc1C=CC(=O)O. The minimum Gasteiger partial charge on any atom is -0.478 e. The first-order valence-electron chi connectivity index (χ1n) is 5.39. The third-order valence-electron chi connectivity index (χ3n) is 2.45. The highest BCUT2D eigenvalue weighted by molar-refractivity contribution is 6.31. The molecule has 20 heavy (non-hydrogen) atoms. The molecule has 7 heteroatoms. The smallest absolute Gasteiger partial charge is 0.416 e. The predicted molar refractivity (Wildman–Crippen MR) is 67.4 cm³/mol. The number of carbonyl (C=O) groups excluding carboxylic acids is 1. The van der Waals surface area contributed by atoms with Gasteiger partial charge in [0.1, 0.15) is 5.38 Å². The van der Waals surface area contributed by atoms with Gasteiger partial charge in [0.2, 0.25) is 0 Å². The molecule has 1 unspecified atom stereocenters. The van der Waals surface area contributed by atoms with Crippen molar-refractivity contribution in [1.29, 1.82) is 0 Å². The summed E-state index contributed by atoms with van der Waals surface area (Å²) in [7, 11) is 0. The van der Waals surface area contributed by atoms with Crippen molar-refractivity contribution in [2.45, 2.75) is 18.5 Å². The van der Waals surface area contributed by atoms with Crippen LogP contribution in [0.25, 0.3) is 6.08 Å². The fourth-order valence-electron chi connectivity index (χ4n) is 1.51. The van der Waals surface area contributed by atoms with Crippen LogP contribution in [0.5, 0.6) is 0 Å². The molecule has 0 heterocycles. The lowest BCUT2D eigenvalue weighted by molar-refractivity contribution is -0.137. The van der Waals surface area contributed by atoms with Gasteiger partial charge in [-0.15, -0.1) is 11.6 Å². The van der Waals surface area contributed by atoms with E-state index in [9.17, 15) is 22.8 Å². The lowest BCUT2D eigenvalue weighted by Crippen LogP contribution is -2.08. The average molecular weight is 307 g/mol. The Balaban J connectivity index is 3.37. The third-order valence-corrected chi connectivity index (χ3v) is 2.99. The summed E-state index contributed by atoms with van der Waals surface area (Å²) >= 11 is 5.82. The first kappa shape index (κ1) is 16.2. The van der Waals surface area contributed by atoms with Gasteiger partial charge >= 0.3 is 12.1 Å². The number of carbonyl (C=O) groups is 2. The van der Waals surface area contributed by atoms with Crippen LogP contribution in [0.3, 0.4) is 0 Å². The van der Waals surface area contributed by atoms with Gasteiger partial charge in [-0.05, 0) is 36.3 Å². The highest BCUT2D eigenvalue weighted by Crippen LogP contribution is 2.34. The van der Waals surface area contributed by atoms with Crippen LogP contribution in [0, 0.1) is 0 Å². The number of Topliss-reactive ketones (excluding diaryl/α,β-unsaturated/α-hetero) is 1. The second-order valence-electron chi connectivity index (χ2n) is 3.99. The van der Waals surface area contributed by atoms with Crippen molar-refractivity contribution >= 4 is 29.4 Å². The topological polar surface area (TPSA) is 54.4 Å². The molecule has 0 bridgehead atoms. The first-order chi connectivity index (χ1) is 9.12. The van der Waals surface area contributed by atoms with Crippen LogP contribution in [0.2, 0.25) is 0 Å². The number of ketones is 1. The van der Waals surface area contributed by atoms with Crippen molar-refractivity contribution in [3.63, 3.8) is 0 Å². The third kappa shape index (κ3) is 4.09. The number of hydrogen-bond donors (Lipinski definition) is 1. The van der Waals surface area contributed by atoms with Gasteiger partial charge in [-0.2, -0.15) is 13.2 Å². The zero-order chi connectivity index (χ0) is 15.5. The molecule has 1 atom stereocenters. The van der Waals surface area contributed by atoms with Gasteiger partial charge in [0.15, 0.2) is 5.78 Å². The van der Waals surface area contributed by atoms with Gasteiger partial charge in [-0.1, -0.05) is 6.07 Å². The van der Waals surface area contributed by atoms with E-state index >= 15 is 0 Å². The number of hydrogen-bond acceptors (Lipinski definition) is 2. The molecule has 0 saturated heterocycles. The Morgan fingerprint density at radius 1 is 1.35 bits per heavy atom. The normalized spacial score (nSPS) is 13.4. The van der Waals surface area contributed by atoms with Crippen molar-refractivity contribution in [2.75, 3.05) is 0 Å². The fraction of sp³-hybridized carbons (Fsp3) is 0.231. The molecule has 0 fully saturated rings. The second kappa shape index (κ2) is 6.09. The van der Waals surface area contributed by atoms with E-state index in [0.29, 0.717) is 6.08 Å². The number of halogens is 4. The molecule has 108 valence electrons. The van der Waals surface area contributed by atoms with Crippen LogP contribution in [0.15, 0.2) is 24.3 Å². The van der Waals surface area contributed by atoms with Gasteiger partial charge in [0, 0.05) is 6.08 Å². The lowest BCUT2D eigenvalue weighted by atomic mass is 9.99. The monoisotopic (exact) mass is 306 g/mol.